The molecule has 0 saturated heterocycles. The van der Waals surface area contributed by atoms with Crippen LogP contribution in [-0.4, -0.2) is 10.5 Å². The maximum absolute atomic E-state index is 11.9. The van der Waals surface area contributed by atoms with Crippen molar-refractivity contribution in [1.82, 2.24) is 4.57 Å². The fraction of sp³-hybridized carbons (Fsp3) is 0. The van der Waals surface area contributed by atoms with Gasteiger partial charge in [0, 0.05) is 18.1 Å². The molecule has 0 unspecified atom stereocenters. The van der Waals surface area contributed by atoms with E-state index in [-0.39, 0.29) is 5.91 Å². The topological polar surface area (TPSA) is 48.0 Å². The number of hydrogen-bond donors (Lipinski definition) is 1. The molecule has 2 aromatic rings. The van der Waals surface area contributed by atoms with E-state index in [1.807, 2.05) is 0 Å². The molecule has 1 aromatic carbocycles. The van der Waals surface area contributed by atoms with Gasteiger partial charge in [-0.2, -0.15) is 0 Å². The average Bonchev–Trinajstić information content (AvgIpc) is 2.69. The summed E-state index contributed by atoms with van der Waals surface area (Å²) in [7, 11) is 0. The molecule has 0 aliphatic rings. The highest BCUT2D eigenvalue weighted by molar-refractivity contribution is 6.34. The average molecular weight is 221 g/mol. The number of nitrogens with zero attached hydrogens (tertiary/aromatic N) is 1. The van der Waals surface area contributed by atoms with E-state index in [4.69, 9.17) is 17.3 Å². The number of halogens is 1. The molecule has 0 saturated carbocycles. The van der Waals surface area contributed by atoms with Crippen molar-refractivity contribution in [3.05, 3.63) is 53.3 Å². The highest BCUT2D eigenvalue weighted by Crippen LogP contribution is 2.20. The molecule has 76 valence electrons. The van der Waals surface area contributed by atoms with E-state index >= 15 is 0 Å². The first kappa shape index (κ1) is 9.80. The smallest absolute Gasteiger partial charge is 0.263 e. The van der Waals surface area contributed by atoms with E-state index in [9.17, 15) is 4.79 Å². The van der Waals surface area contributed by atoms with Crippen molar-refractivity contribution in [2.24, 2.45) is 0 Å². The zero-order chi connectivity index (χ0) is 10.8. The first-order chi connectivity index (χ1) is 7.18. The van der Waals surface area contributed by atoms with Crippen molar-refractivity contribution >= 4 is 23.2 Å². The lowest BCUT2D eigenvalue weighted by Crippen LogP contribution is -2.10. The van der Waals surface area contributed by atoms with Gasteiger partial charge in [0.1, 0.15) is 0 Å². The number of benzene rings is 1. The maximum atomic E-state index is 11.9. The van der Waals surface area contributed by atoms with Gasteiger partial charge in [0.05, 0.1) is 10.6 Å². The third-order valence-corrected chi connectivity index (χ3v) is 2.38. The van der Waals surface area contributed by atoms with Gasteiger partial charge in [-0.1, -0.05) is 11.6 Å². The van der Waals surface area contributed by atoms with Crippen LogP contribution in [0.3, 0.4) is 0 Å². The van der Waals surface area contributed by atoms with Gasteiger partial charge in [-0.25, -0.2) is 0 Å². The summed E-state index contributed by atoms with van der Waals surface area (Å²) in [5.41, 5.74) is 6.54. The molecule has 3 nitrogen and oxygen atoms in total. The van der Waals surface area contributed by atoms with E-state index < -0.39 is 0 Å². The number of nitrogen functional groups attached to an aromatic ring is 1. The third kappa shape index (κ3) is 1.87. The molecular formula is C11H9ClN2O. The van der Waals surface area contributed by atoms with Crippen molar-refractivity contribution < 1.29 is 4.79 Å². The van der Waals surface area contributed by atoms with Gasteiger partial charge in [0.15, 0.2) is 0 Å². The standard InChI is InChI=1S/C11H9ClN2O/c12-10-7-8(13)3-4-9(10)11(15)14-5-1-2-6-14/h1-7H,13H2. The second-order valence-corrected chi connectivity index (χ2v) is 3.54. The Kier molecular flexibility index (Phi) is 2.47. The number of anilines is 1. The molecular weight excluding hydrogens is 212 g/mol. The van der Waals surface area contributed by atoms with Crippen molar-refractivity contribution in [3.63, 3.8) is 0 Å². The predicted octanol–water partition coefficient (Wildman–Crippen LogP) is 2.41. The van der Waals surface area contributed by atoms with Gasteiger partial charge in [-0.15, -0.1) is 0 Å². The van der Waals surface area contributed by atoms with E-state index in [0.29, 0.717) is 16.3 Å². The minimum Gasteiger partial charge on any atom is -0.399 e. The Bertz CT molecular complexity index is 491. The number of carbonyl (C=O) groups excluding carboxylic acids is 1. The van der Waals surface area contributed by atoms with Crippen molar-refractivity contribution in [3.8, 4) is 0 Å². The van der Waals surface area contributed by atoms with Crippen LogP contribution in [0.25, 0.3) is 0 Å². The van der Waals surface area contributed by atoms with Gasteiger partial charge >= 0.3 is 0 Å². The molecule has 15 heavy (non-hydrogen) atoms. The Morgan fingerprint density at radius 3 is 2.53 bits per heavy atom. The Morgan fingerprint density at radius 2 is 1.93 bits per heavy atom. The number of rotatable bonds is 1. The van der Waals surface area contributed by atoms with Crippen LogP contribution in [0.1, 0.15) is 10.4 Å². The molecule has 1 aromatic heterocycles. The van der Waals surface area contributed by atoms with Crippen LogP contribution in [-0.2, 0) is 0 Å². The zero-order valence-corrected chi connectivity index (χ0v) is 8.61. The van der Waals surface area contributed by atoms with Crippen molar-refractivity contribution in [1.29, 1.82) is 0 Å². The van der Waals surface area contributed by atoms with Crippen LogP contribution < -0.4 is 5.73 Å². The highest BCUT2D eigenvalue weighted by Gasteiger charge is 2.11. The molecule has 0 aliphatic carbocycles. The Labute approximate surface area is 92.1 Å². The Balaban J connectivity index is 2.42. The lowest BCUT2D eigenvalue weighted by molar-refractivity contribution is 0.0960. The molecule has 0 radical (unpaired) electrons. The highest BCUT2D eigenvalue weighted by atomic mass is 35.5. The molecule has 0 aliphatic heterocycles. The Morgan fingerprint density at radius 1 is 1.27 bits per heavy atom. The first-order valence-corrected chi connectivity index (χ1v) is 4.79. The fourth-order valence-corrected chi connectivity index (χ4v) is 1.58. The molecule has 1 heterocycles. The van der Waals surface area contributed by atoms with Crippen LogP contribution in [0.2, 0.25) is 5.02 Å². The third-order valence-electron chi connectivity index (χ3n) is 2.06. The molecule has 0 amide bonds. The molecule has 0 spiro atoms. The predicted molar refractivity (Wildman–Crippen MR) is 60.0 cm³/mol. The zero-order valence-electron chi connectivity index (χ0n) is 7.85. The number of hydrogen-bond acceptors (Lipinski definition) is 2. The molecule has 2 N–H and O–H groups in total. The van der Waals surface area contributed by atoms with E-state index in [1.165, 1.54) is 4.57 Å². The van der Waals surface area contributed by atoms with Crippen LogP contribution in [0.4, 0.5) is 5.69 Å². The maximum Gasteiger partial charge on any atom is 0.263 e. The summed E-state index contributed by atoms with van der Waals surface area (Å²) in [6.07, 6.45) is 3.35. The first-order valence-electron chi connectivity index (χ1n) is 4.41. The van der Waals surface area contributed by atoms with Crippen LogP contribution in [0.5, 0.6) is 0 Å². The summed E-state index contributed by atoms with van der Waals surface area (Å²) in [5, 5.41) is 0.369. The Hall–Kier alpha value is -1.74. The fourth-order valence-electron chi connectivity index (χ4n) is 1.31. The minimum atomic E-state index is -0.162. The summed E-state index contributed by atoms with van der Waals surface area (Å²) in [6.45, 7) is 0. The van der Waals surface area contributed by atoms with E-state index in [2.05, 4.69) is 0 Å². The normalized spacial score (nSPS) is 10.2. The molecule has 4 heteroatoms. The van der Waals surface area contributed by atoms with Gasteiger partial charge in [-0.05, 0) is 30.3 Å². The van der Waals surface area contributed by atoms with Crippen molar-refractivity contribution in [2.75, 3.05) is 5.73 Å². The lowest BCUT2D eigenvalue weighted by Gasteiger charge is -2.04. The summed E-state index contributed by atoms with van der Waals surface area (Å²) in [4.78, 5) is 11.9. The van der Waals surface area contributed by atoms with Gasteiger partial charge < -0.3 is 5.73 Å². The SMILES string of the molecule is Nc1ccc(C(=O)n2cccc2)c(Cl)c1. The quantitative estimate of drug-likeness (QED) is 0.751. The summed E-state index contributed by atoms with van der Waals surface area (Å²) in [5.74, 6) is -0.162. The molecule has 0 bridgehead atoms. The van der Waals surface area contributed by atoms with Crippen LogP contribution >= 0.6 is 11.6 Å². The summed E-state index contributed by atoms with van der Waals surface area (Å²) >= 11 is 5.93. The van der Waals surface area contributed by atoms with Gasteiger partial charge in [0.2, 0.25) is 0 Å². The van der Waals surface area contributed by atoms with Crippen molar-refractivity contribution in [2.45, 2.75) is 0 Å². The number of nitrogens with two attached hydrogens (primary N) is 1. The number of aromatic nitrogens is 1. The monoisotopic (exact) mass is 220 g/mol. The largest absolute Gasteiger partial charge is 0.399 e. The van der Waals surface area contributed by atoms with E-state index in [0.717, 1.165) is 0 Å². The van der Waals surface area contributed by atoms with Crippen LogP contribution in [0, 0.1) is 0 Å². The second kappa shape index (κ2) is 3.79. The lowest BCUT2D eigenvalue weighted by atomic mass is 10.2. The molecule has 2 rings (SSSR count). The molecule has 0 fully saturated rings. The summed E-state index contributed by atoms with van der Waals surface area (Å²) in [6, 6.07) is 8.41. The van der Waals surface area contributed by atoms with E-state index in [1.54, 1.807) is 42.7 Å². The van der Waals surface area contributed by atoms with Gasteiger partial charge in [0.25, 0.3) is 5.91 Å². The number of carbonyl (C=O) groups is 1. The second-order valence-electron chi connectivity index (χ2n) is 3.13. The summed E-state index contributed by atoms with van der Waals surface area (Å²) < 4.78 is 1.47. The van der Waals surface area contributed by atoms with Crippen LogP contribution in [0.15, 0.2) is 42.7 Å². The van der Waals surface area contributed by atoms with Gasteiger partial charge in [-0.3, -0.25) is 9.36 Å². The molecule has 0 atom stereocenters. The minimum absolute atomic E-state index is 0.162.